The zero-order valence-electron chi connectivity index (χ0n) is 14.1. The molecule has 1 fully saturated rings. The molecule has 4 nitrogen and oxygen atoms in total. The van der Waals surface area contributed by atoms with Crippen molar-refractivity contribution in [2.75, 3.05) is 13.6 Å². The average molecular weight is 310 g/mol. The molecule has 1 aliphatic rings. The second kappa shape index (κ2) is 6.99. The third-order valence-corrected chi connectivity index (χ3v) is 4.90. The number of aliphatic imine (C=N–C) groups is 1. The fraction of sp³-hybridized carbons (Fsp3) is 0.474. The minimum absolute atomic E-state index is 0.418. The molecule has 1 aliphatic carbocycles. The summed E-state index contributed by atoms with van der Waals surface area (Å²) in [6.45, 7) is 4.11. The minimum atomic E-state index is 0.418. The molecule has 1 heterocycles. The van der Waals surface area contributed by atoms with Gasteiger partial charge in [-0.3, -0.25) is 9.98 Å². The zero-order valence-corrected chi connectivity index (χ0v) is 14.1. The van der Waals surface area contributed by atoms with Gasteiger partial charge in [-0.25, -0.2) is 0 Å². The number of para-hydroxylation sites is 1. The first-order valence-electron chi connectivity index (χ1n) is 8.47. The van der Waals surface area contributed by atoms with E-state index in [0.29, 0.717) is 5.41 Å². The molecular weight excluding hydrogens is 284 g/mol. The summed E-state index contributed by atoms with van der Waals surface area (Å²) in [7, 11) is 1.83. The molecule has 0 spiro atoms. The van der Waals surface area contributed by atoms with Gasteiger partial charge in [-0.15, -0.1) is 0 Å². The molecule has 0 atom stereocenters. The highest BCUT2D eigenvalue weighted by Gasteiger charge is 2.28. The summed E-state index contributed by atoms with van der Waals surface area (Å²) in [6.07, 6.45) is 7.20. The normalized spacial score (nSPS) is 17.4. The van der Waals surface area contributed by atoms with Crippen LogP contribution in [0, 0.1) is 5.41 Å². The molecule has 1 aromatic carbocycles. The van der Waals surface area contributed by atoms with Gasteiger partial charge in [0.2, 0.25) is 0 Å². The van der Waals surface area contributed by atoms with Crippen LogP contribution in [0.25, 0.3) is 10.9 Å². The Labute approximate surface area is 138 Å². The molecule has 0 bridgehead atoms. The molecule has 23 heavy (non-hydrogen) atoms. The van der Waals surface area contributed by atoms with Gasteiger partial charge in [-0.05, 0) is 36.0 Å². The number of nitrogens with one attached hydrogen (secondary N) is 2. The molecule has 2 N–H and O–H groups in total. The Morgan fingerprint density at radius 2 is 1.96 bits per heavy atom. The SMILES string of the molecule is CN=C(NCc1ccnc2ccccc12)NCC1(C)CCCC1. The first-order valence-corrected chi connectivity index (χ1v) is 8.47. The van der Waals surface area contributed by atoms with Crippen LogP contribution in [0.15, 0.2) is 41.5 Å². The maximum Gasteiger partial charge on any atom is 0.191 e. The number of hydrogen-bond acceptors (Lipinski definition) is 2. The predicted octanol–water partition coefficient (Wildman–Crippen LogP) is 3.48. The van der Waals surface area contributed by atoms with Gasteiger partial charge in [0.25, 0.3) is 0 Å². The predicted molar refractivity (Wildman–Crippen MR) is 96.5 cm³/mol. The summed E-state index contributed by atoms with van der Waals surface area (Å²) < 4.78 is 0. The molecule has 0 amide bonds. The zero-order chi connectivity index (χ0) is 16.1. The average Bonchev–Trinajstić information content (AvgIpc) is 3.02. The van der Waals surface area contributed by atoms with E-state index in [1.54, 1.807) is 0 Å². The van der Waals surface area contributed by atoms with Gasteiger partial charge in [0.05, 0.1) is 5.52 Å². The molecule has 0 saturated heterocycles. The van der Waals surface area contributed by atoms with E-state index in [2.05, 4.69) is 45.7 Å². The summed E-state index contributed by atoms with van der Waals surface area (Å²) in [4.78, 5) is 8.77. The third-order valence-electron chi connectivity index (χ3n) is 4.90. The summed E-state index contributed by atoms with van der Waals surface area (Å²) >= 11 is 0. The van der Waals surface area contributed by atoms with Crippen molar-refractivity contribution in [1.29, 1.82) is 0 Å². The second-order valence-electron chi connectivity index (χ2n) is 6.78. The van der Waals surface area contributed by atoms with Gasteiger partial charge in [-0.1, -0.05) is 38.0 Å². The lowest BCUT2D eigenvalue weighted by Crippen LogP contribution is -2.41. The van der Waals surface area contributed by atoms with E-state index in [9.17, 15) is 0 Å². The van der Waals surface area contributed by atoms with E-state index in [4.69, 9.17) is 0 Å². The Hall–Kier alpha value is -2.10. The van der Waals surface area contributed by atoms with Crippen molar-refractivity contribution >= 4 is 16.9 Å². The van der Waals surface area contributed by atoms with Gasteiger partial charge in [0.1, 0.15) is 0 Å². The van der Waals surface area contributed by atoms with Crippen molar-refractivity contribution in [3.05, 3.63) is 42.1 Å². The number of hydrogen-bond donors (Lipinski definition) is 2. The Bertz CT molecular complexity index is 681. The number of guanidine groups is 1. The molecule has 0 unspecified atom stereocenters. The number of rotatable bonds is 4. The Morgan fingerprint density at radius 1 is 1.17 bits per heavy atom. The largest absolute Gasteiger partial charge is 0.356 e. The third kappa shape index (κ3) is 3.81. The lowest BCUT2D eigenvalue weighted by molar-refractivity contribution is 0.334. The van der Waals surface area contributed by atoms with Gasteiger partial charge in [0, 0.05) is 31.7 Å². The number of pyridine rings is 1. The van der Waals surface area contributed by atoms with Crippen LogP contribution >= 0.6 is 0 Å². The Morgan fingerprint density at radius 3 is 2.74 bits per heavy atom. The first-order chi connectivity index (χ1) is 11.2. The monoisotopic (exact) mass is 310 g/mol. The smallest absolute Gasteiger partial charge is 0.191 e. The molecule has 0 aliphatic heterocycles. The van der Waals surface area contributed by atoms with Crippen molar-refractivity contribution in [2.45, 2.75) is 39.2 Å². The number of aromatic nitrogens is 1. The molecule has 2 aromatic rings. The first kappa shape index (κ1) is 15.8. The van der Waals surface area contributed by atoms with Gasteiger partial charge < -0.3 is 10.6 Å². The highest BCUT2D eigenvalue weighted by atomic mass is 15.2. The van der Waals surface area contributed by atoms with Crippen LogP contribution in [0.3, 0.4) is 0 Å². The molecule has 1 aromatic heterocycles. The van der Waals surface area contributed by atoms with Crippen LogP contribution in [-0.2, 0) is 6.54 Å². The highest BCUT2D eigenvalue weighted by molar-refractivity contribution is 5.83. The van der Waals surface area contributed by atoms with Crippen LogP contribution < -0.4 is 10.6 Å². The van der Waals surface area contributed by atoms with E-state index < -0.39 is 0 Å². The van der Waals surface area contributed by atoms with E-state index in [1.165, 1.54) is 36.6 Å². The van der Waals surface area contributed by atoms with Crippen molar-refractivity contribution in [3.8, 4) is 0 Å². The minimum Gasteiger partial charge on any atom is -0.356 e. The van der Waals surface area contributed by atoms with Crippen molar-refractivity contribution < 1.29 is 0 Å². The molecule has 122 valence electrons. The van der Waals surface area contributed by atoms with Crippen LogP contribution in [0.5, 0.6) is 0 Å². The quantitative estimate of drug-likeness (QED) is 0.671. The molecular formula is C19H26N4. The summed E-state index contributed by atoms with van der Waals surface area (Å²) in [6, 6.07) is 10.3. The maximum atomic E-state index is 4.41. The van der Waals surface area contributed by atoms with Gasteiger partial charge >= 0.3 is 0 Å². The summed E-state index contributed by atoms with van der Waals surface area (Å²) in [5.74, 6) is 0.874. The number of fused-ring (bicyclic) bond motifs is 1. The highest BCUT2D eigenvalue weighted by Crippen LogP contribution is 2.36. The maximum absolute atomic E-state index is 4.41. The molecule has 4 heteroatoms. The van der Waals surface area contributed by atoms with E-state index in [-0.39, 0.29) is 0 Å². The fourth-order valence-corrected chi connectivity index (χ4v) is 3.41. The summed E-state index contributed by atoms with van der Waals surface area (Å²) in [5.41, 5.74) is 2.69. The Kier molecular flexibility index (Phi) is 4.79. The van der Waals surface area contributed by atoms with E-state index in [0.717, 1.165) is 24.6 Å². The molecule has 1 saturated carbocycles. The van der Waals surface area contributed by atoms with Crippen molar-refractivity contribution in [1.82, 2.24) is 15.6 Å². The standard InChI is InChI=1S/C19H26N4/c1-19(10-5-6-11-19)14-23-18(20-2)22-13-15-9-12-21-17-8-4-3-7-16(15)17/h3-4,7-9,12H,5-6,10-11,13-14H2,1-2H3,(H2,20,22,23). The molecule has 3 rings (SSSR count). The number of benzene rings is 1. The second-order valence-corrected chi connectivity index (χ2v) is 6.78. The van der Waals surface area contributed by atoms with Crippen LogP contribution in [0.2, 0.25) is 0 Å². The number of nitrogens with zero attached hydrogens (tertiary/aromatic N) is 2. The van der Waals surface area contributed by atoms with Crippen LogP contribution in [-0.4, -0.2) is 24.5 Å². The fourth-order valence-electron chi connectivity index (χ4n) is 3.41. The van der Waals surface area contributed by atoms with Crippen molar-refractivity contribution in [3.63, 3.8) is 0 Å². The van der Waals surface area contributed by atoms with Gasteiger partial charge in [-0.2, -0.15) is 0 Å². The molecule has 0 radical (unpaired) electrons. The van der Waals surface area contributed by atoms with Crippen LogP contribution in [0.1, 0.15) is 38.2 Å². The van der Waals surface area contributed by atoms with E-state index in [1.807, 2.05) is 25.4 Å². The van der Waals surface area contributed by atoms with Crippen molar-refractivity contribution in [2.24, 2.45) is 10.4 Å². The lowest BCUT2D eigenvalue weighted by Gasteiger charge is -2.25. The van der Waals surface area contributed by atoms with Crippen LogP contribution in [0.4, 0.5) is 0 Å². The summed E-state index contributed by atoms with van der Waals surface area (Å²) in [5, 5.41) is 8.12. The van der Waals surface area contributed by atoms with E-state index >= 15 is 0 Å². The topological polar surface area (TPSA) is 49.3 Å². The Balaban J connectivity index is 1.61. The lowest BCUT2D eigenvalue weighted by atomic mass is 9.89. The van der Waals surface area contributed by atoms with Gasteiger partial charge in [0.15, 0.2) is 5.96 Å².